The predicted octanol–water partition coefficient (Wildman–Crippen LogP) is 4.68. The number of benzene rings is 2. The molecule has 0 bridgehead atoms. The van der Waals surface area contributed by atoms with Crippen molar-refractivity contribution < 1.29 is 9.59 Å². The Labute approximate surface area is 151 Å². The maximum absolute atomic E-state index is 12.4. The number of carbonyl (C=O) groups excluding carboxylic acids is 2. The van der Waals surface area contributed by atoms with Gasteiger partial charge in [-0.25, -0.2) is 0 Å². The number of hydrogen-bond acceptors (Lipinski definition) is 2. The molecule has 0 aromatic heterocycles. The third kappa shape index (κ3) is 4.73. The van der Waals surface area contributed by atoms with E-state index in [4.69, 9.17) is 23.2 Å². The normalized spacial score (nSPS) is 10.3. The summed E-state index contributed by atoms with van der Waals surface area (Å²) in [5.41, 5.74) is 2.21. The highest BCUT2D eigenvalue weighted by Crippen LogP contribution is 2.25. The number of rotatable bonds is 5. The largest absolute Gasteiger partial charge is 0.324 e. The molecule has 0 saturated carbocycles. The summed E-state index contributed by atoms with van der Waals surface area (Å²) in [4.78, 5) is 26.2. The summed E-state index contributed by atoms with van der Waals surface area (Å²) in [6.45, 7) is 4.30. The fourth-order valence-electron chi connectivity index (χ4n) is 2.32. The number of amides is 2. The maximum atomic E-state index is 12.4. The lowest BCUT2D eigenvalue weighted by molar-refractivity contribution is -0.125. The van der Waals surface area contributed by atoms with Crippen molar-refractivity contribution >= 4 is 46.4 Å². The van der Waals surface area contributed by atoms with Gasteiger partial charge in [0.2, 0.25) is 11.8 Å². The van der Waals surface area contributed by atoms with Gasteiger partial charge in [0.25, 0.3) is 0 Å². The van der Waals surface area contributed by atoms with Crippen LogP contribution in [0.3, 0.4) is 0 Å². The van der Waals surface area contributed by atoms with E-state index in [1.165, 1.54) is 0 Å². The lowest BCUT2D eigenvalue weighted by Crippen LogP contribution is -2.33. The Morgan fingerprint density at radius 2 is 1.88 bits per heavy atom. The van der Waals surface area contributed by atoms with Crippen LogP contribution in [0.4, 0.5) is 11.4 Å². The molecule has 2 aromatic rings. The summed E-state index contributed by atoms with van der Waals surface area (Å²) in [6, 6.07) is 12.4. The number of nitrogens with one attached hydrogen (secondary N) is 1. The Bertz CT molecular complexity index is 762. The molecule has 0 spiro atoms. The van der Waals surface area contributed by atoms with Gasteiger partial charge in [0.1, 0.15) is 6.42 Å². The van der Waals surface area contributed by atoms with Crippen molar-refractivity contribution in [1.29, 1.82) is 0 Å². The van der Waals surface area contributed by atoms with Crippen LogP contribution in [0.1, 0.15) is 18.9 Å². The van der Waals surface area contributed by atoms with Crippen molar-refractivity contribution in [1.82, 2.24) is 0 Å². The third-order valence-corrected chi connectivity index (χ3v) is 4.01. The van der Waals surface area contributed by atoms with Gasteiger partial charge < -0.3 is 10.2 Å². The Kier molecular flexibility index (Phi) is 6.23. The Balaban J connectivity index is 2.07. The first-order valence-corrected chi connectivity index (χ1v) is 8.28. The second kappa shape index (κ2) is 8.18. The highest BCUT2D eigenvalue weighted by atomic mass is 35.5. The lowest BCUT2D eigenvalue weighted by atomic mass is 10.2. The van der Waals surface area contributed by atoms with E-state index in [-0.39, 0.29) is 12.3 Å². The quantitative estimate of drug-likeness (QED) is 0.782. The molecule has 0 aliphatic rings. The molecule has 2 aromatic carbocycles. The average molecular weight is 365 g/mol. The van der Waals surface area contributed by atoms with Gasteiger partial charge >= 0.3 is 0 Å². The van der Waals surface area contributed by atoms with Gasteiger partial charge in [-0.05, 0) is 49.7 Å². The highest BCUT2D eigenvalue weighted by Gasteiger charge is 2.18. The minimum atomic E-state index is -0.435. The molecular weight excluding hydrogens is 347 g/mol. The van der Waals surface area contributed by atoms with E-state index < -0.39 is 5.91 Å². The maximum Gasteiger partial charge on any atom is 0.236 e. The first-order valence-electron chi connectivity index (χ1n) is 7.52. The second-order valence-electron chi connectivity index (χ2n) is 5.33. The van der Waals surface area contributed by atoms with E-state index in [0.717, 1.165) is 11.3 Å². The number of hydrogen-bond donors (Lipinski definition) is 1. The van der Waals surface area contributed by atoms with E-state index in [9.17, 15) is 9.59 Å². The van der Waals surface area contributed by atoms with E-state index in [0.29, 0.717) is 22.3 Å². The number of halogens is 2. The Morgan fingerprint density at radius 3 is 2.54 bits per heavy atom. The summed E-state index contributed by atoms with van der Waals surface area (Å²) < 4.78 is 0. The molecule has 2 rings (SSSR count). The van der Waals surface area contributed by atoms with Gasteiger partial charge in [-0.2, -0.15) is 0 Å². The molecule has 0 atom stereocenters. The van der Waals surface area contributed by atoms with Crippen LogP contribution in [0.5, 0.6) is 0 Å². The molecule has 0 heterocycles. The number of carbonyl (C=O) groups is 2. The number of aryl methyl sites for hydroxylation is 1. The molecule has 0 fully saturated rings. The van der Waals surface area contributed by atoms with Crippen LogP contribution in [0.25, 0.3) is 0 Å². The van der Waals surface area contributed by atoms with Gasteiger partial charge in [-0.15, -0.1) is 0 Å². The lowest BCUT2D eigenvalue weighted by Gasteiger charge is -2.21. The van der Waals surface area contributed by atoms with E-state index in [2.05, 4.69) is 5.32 Å². The zero-order valence-electron chi connectivity index (χ0n) is 13.5. The molecule has 4 nitrogen and oxygen atoms in total. The molecule has 0 aliphatic heterocycles. The second-order valence-corrected chi connectivity index (χ2v) is 6.17. The van der Waals surface area contributed by atoms with Gasteiger partial charge in [0.05, 0.1) is 10.7 Å². The van der Waals surface area contributed by atoms with Crippen LogP contribution < -0.4 is 10.2 Å². The smallest absolute Gasteiger partial charge is 0.236 e. The molecule has 6 heteroatoms. The topological polar surface area (TPSA) is 49.4 Å². The fourth-order valence-corrected chi connectivity index (χ4v) is 2.66. The van der Waals surface area contributed by atoms with Gasteiger partial charge in [0.15, 0.2) is 0 Å². The van der Waals surface area contributed by atoms with Crippen LogP contribution in [0.15, 0.2) is 42.5 Å². The van der Waals surface area contributed by atoms with E-state index in [1.807, 2.05) is 38.1 Å². The first-order chi connectivity index (χ1) is 11.4. The third-order valence-electron chi connectivity index (χ3n) is 3.44. The van der Waals surface area contributed by atoms with Crippen LogP contribution in [0.2, 0.25) is 10.0 Å². The van der Waals surface area contributed by atoms with Gasteiger partial charge in [-0.3, -0.25) is 9.59 Å². The fraction of sp³-hybridized carbons (Fsp3) is 0.222. The standard InChI is InChI=1S/C18H18Cl2N2O2/c1-3-22(14-6-4-5-12(2)9-14)18(24)11-17(23)21-16-10-13(19)7-8-15(16)20/h4-10H,3,11H2,1-2H3,(H,21,23). The average Bonchev–Trinajstić information content (AvgIpc) is 2.51. The van der Waals surface area contributed by atoms with Crippen molar-refractivity contribution in [2.24, 2.45) is 0 Å². The summed E-state index contributed by atoms with van der Waals surface area (Å²) in [7, 11) is 0. The highest BCUT2D eigenvalue weighted by molar-refractivity contribution is 6.35. The molecule has 24 heavy (non-hydrogen) atoms. The minimum Gasteiger partial charge on any atom is -0.324 e. The zero-order valence-corrected chi connectivity index (χ0v) is 15.0. The molecular formula is C18H18Cl2N2O2. The zero-order chi connectivity index (χ0) is 17.7. The summed E-state index contributed by atoms with van der Waals surface area (Å²) in [5, 5.41) is 3.44. The van der Waals surface area contributed by atoms with Gasteiger partial charge in [0, 0.05) is 17.3 Å². The van der Waals surface area contributed by atoms with E-state index in [1.54, 1.807) is 23.1 Å². The monoisotopic (exact) mass is 364 g/mol. The van der Waals surface area contributed by atoms with Crippen molar-refractivity contribution in [2.75, 3.05) is 16.8 Å². The molecule has 0 aliphatic carbocycles. The van der Waals surface area contributed by atoms with Crippen molar-refractivity contribution in [3.8, 4) is 0 Å². The number of nitrogens with zero attached hydrogens (tertiary/aromatic N) is 1. The van der Waals surface area contributed by atoms with Crippen LogP contribution in [-0.2, 0) is 9.59 Å². The van der Waals surface area contributed by atoms with Gasteiger partial charge in [-0.1, -0.05) is 35.3 Å². The first kappa shape index (κ1) is 18.3. The Hall–Kier alpha value is -2.04. The van der Waals surface area contributed by atoms with Crippen molar-refractivity contribution in [3.63, 3.8) is 0 Å². The molecule has 1 N–H and O–H groups in total. The van der Waals surface area contributed by atoms with Crippen molar-refractivity contribution in [2.45, 2.75) is 20.3 Å². The predicted molar refractivity (Wildman–Crippen MR) is 98.9 cm³/mol. The number of anilines is 2. The SMILES string of the molecule is CCN(C(=O)CC(=O)Nc1cc(Cl)ccc1Cl)c1cccc(C)c1. The van der Waals surface area contributed by atoms with E-state index >= 15 is 0 Å². The van der Waals surface area contributed by atoms with Crippen LogP contribution >= 0.6 is 23.2 Å². The minimum absolute atomic E-state index is 0.273. The molecule has 126 valence electrons. The molecule has 0 saturated heterocycles. The summed E-state index contributed by atoms with van der Waals surface area (Å²) in [6.07, 6.45) is -0.273. The van der Waals surface area contributed by atoms with Crippen LogP contribution in [0, 0.1) is 6.92 Å². The molecule has 0 unspecified atom stereocenters. The van der Waals surface area contributed by atoms with Crippen molar-refractivity contribution in [3.05, 3.63) is 58.1 Å². The molecule has 2 amide bonds. The summed E-state index contributed by atoms with van der Waals surface area (Å²) in [5.74, 6) is -0.714. The van der Waals surface area contributed by atoms with Crippen LogP contribution in [-0.4, -0.2) is 18.4 Å². The Morgan fingerprint density at radius 1 is 1.12 bits per heavy atom. The summed E-state index contributed by atoms with van der Waals surface area (Å²) >= 11 is 11.9. The molecule has 0 radical (unpaired) electrons.